The van der Waals surface area contributed by atoms with Gasteiger partial charge in [-0.05, 0) is 24.7 Å². The molecule has 7 unspecified atom stereocenters. The fourth-order valence-corrected chi connectivity index (χ4v) is 3.92. The van der Waals surface area contributed by atoms with Crippen molar-refractivity contribution < 1.29 is 19.7 Å². The molecule has 2 aliphatic carbocycles. The van der Waals surface area contributed by atoms with Crippen molar-refractivity contribution in [3.63, 3.8) is 0 Å². The molecule has 1 aliphatic heterocycles. The van der Waals surface area contributed by atoms with E-state index < -0.39 is 12.6 Å². The smallest absolute Gasteiger partial charge is 0.160 e. The molecule has 0 aromatic heterocycles. The molecule has 0 radical (unpaired) electrons. The highest BCUT2D eigenvalue weighted by Crippen LogP contribution is 2.63. The van der Waals surface area contributed by atoms with Crippen molar-refractivity contribution in [2.45, 2.75) is 58.4 Å². The molecule has 0 spiro atoms. The fraction of sp³-hybridized carbons (Fsp3) is 1.00. The van der Waals surface area contributed by atoms with Gasteiger partial charge in [-0.3, -0.25) is 0 Å². The molecule has 0 aromatic rings. The molecule has 1 heterocycles. The molecule has 2 saturated carbocycles. The van der Waals surface area contributed by atoms with Gasteiger partial charge in [-0.2, -0.15) is 0 Å². The second-order valence-corrected chi connectivity index (χ2v) is 6.50. The van der Waals surface area contributed by atoms with E-state index in [9.17, 15) is 10.2 Å². The first-order chi connectivity index (χ1) is 7.93. The van der Waals surface area contributed by atoms with E-state index in [4.69, 9.17) is 9.47 Å². The summed E-state index contributed by atoms with van der Waals surface area (Å²) in [6.07, 6.45) is 0.558. The molecular formula is C13H22O4. The number of aliphatic hydroxyl groups excluding tert-OH is 2. The second kappa shape index (κ2) is 3.67. The quantitative estimate of drug-likeness (QED) is 0.728. The molecule has 7 atom stereocenters. The van der Waals surface area contributed by atoms with E-state index in [1.807, 2.05) is 13.8 Å². The third-order valence-corrected chi connectivity index (χ3v) is 5.01. The molecule has 3 rings (SSSR count). The summed E-state index contributed by atoms with van der Waals surface area (Å²) in [4.78, 5) is 0. The third-order valence-electron chi connectivity index (χ3n) is 5.01. The van der Waals surface area contributed by atoms with E-state index >= 15 is 0 Å². The summed E-state index contributed by atoms with van der Waals surface area (Å²) in [5.74, 6) is 0.916. The molecule has 2 bridgehead atoms. The van der Waals surface area contributed by atoms with Crippen LogP contribution in [0.25, 0.3) is 0 Å². The van der Waals surface area contributed by atoms with E-state index in [0.29, 0.717) is 11.8 Å². The van der Waals surface area contributed by atoms with Gasteiger partial charge in [-0.25, -0.2) is 0 Å². The lowest BCUT2D eigenvalue weighted by Crippen LogP contribution is -2.41. The molecule has 2 N–H and O–H groups in total. The fourth-order valence-electron chi connectivity index (χ4n) is 3.92. The average molecular weight is 242 g/mol. The van der Waals surface area contributed by atoms with E-state index in [1.165, 1.54) is 0 Å². The van der Waals surface area contributed by atoms with Gasteiger partial charge in [-0.15, -0.1) is 0 Å². The van der Waals surface area contributed by atoms with Gasteiger partial charge in [0, 0.05) is 11.3 Å². The number of rotatable bonds is 3. The predicted molar refractivity (Wildman–Crippen MR) is 60.9 cm³/mol. The van der Waals surface area contributed by atoms with E-state index in [-0.39, 0.29) is 23.5 Å². The first kappa shape index (κ1) is 11.9. The maximum absolute atomic E-state index is 9.98. The standard InChI is InChI=1S/C13H22O4/c1-6(2)11(14)16-9-7-4-8-10(9)17-12(15)13(8,3)5-7/h6-12,14-15H,4-5H2,1-3H3. The molecule has 98 valence electrons. The Morgan fingerprint density at radius 2 is 2.12 bits per heavy atom. The van der Waals surface area contributed by atoms with Crippen LogP contribution in [0.15, 0.2) is 0 Å². The molecule has 4 heteroatoms. The van der Waals surface area contributed by atoms with Crippen LogP contribution in [0.3, 0.4) is 0 Å². The van der Waals surface area contributed by atoms with Gasteiger partial charge >= 0.3 is 0 Å². The summed E-state index contributed by atoms with van der Waals surface area (Å²) >= 11 is 0. The normalized spacial score (nSPS) is 53.6. The summed E-state index contributed by atoms with van der Waals surface area (Å²) in [6, 6.07) is 0. The first-order valence-corrected chi connectivity index (χ1v) is 6.60. The first-order valence-electron chi connectivity index (χ1n) is 6.60. The van der Waals surface area contributed by atoms with Crippen LogP contribution in [0, 0.1) is 23.2 Å². The SMILES string of the molecule is CC(C)C(O)OC1C2CC3C1OC(O)C3(C)C2. The van der Waals surface area contributed by atoms with Crippen LogP contribution in [0.5, 0.6) is 0 Å². The Balaban J connectivity index is 1.75. The van der Waals surface area contributed by atoms with E-state index in [0.717, 1.165) is 12.8 Å². The lowest BCUT2D eigenvalue weighted by molar-refractivity contribution is -0.203. The van der Waals surface area contributed by atoms with Crippen molar-refractivity contribution in [3.05, 3.63) is 0 Å². The molecule has 3 fully saturated rings. The number of fused-ring (bicyclic) bond motifs is 1. The lowest BCUT2D eigenvalue weighted by atomic mass is 9.74. The van der Waals surface area contributed by atoms with Gasteiger partial charge in [0.05, 0.1) is 12.2 Å². The second-order valence-electron chi connectivity index (χ2n) is 6.50. The zero-order valence-electron chi connectivity index (χ0n) is 10.7. The molecule has 1 saturated heterocycles. The topological polar surface area (TPSA) is 58.9 Å². The Kier molecular flexibility index (Phi) is 2.57. The summed E-state index contributed by atoms with van der Waals surface area (Å²) in [6.45, 7) is 5.98. The van der Waals surface area contributed by atoms with E-state index in [1.54, 1.807) is 0 Å². The predicted octanol–water partition coefficient (Wildman–Crippen LogP) is 1.11. The van der Waals surface area contributed by atoms with Gasteiger partial charge in [0.2, 0.25) is 0 Å². The number of hydrogen-bond donors (Lipinski definition) is 2. The molecule has 17 heavy (non-hydrogen) atoms. The average Bonchev–Trinajstić information content (AvgIpc) is 2.79. The van der Waals surface area contributed by atoms with Crippen LogP contribution in [0.4, 0.5) is 0 Å². The van der Waals surface area contributed by atoms with Crippen LogP contribution >= 0.6 is 0 Å². The van der Waals surface area contributed by atoms with Crippen molar-refractivity contribution in [2.75, 3.05) is 0 Å². The minimum Gasteiger partial charge on any atom is -0.368 e. The van der Waals surface area contributed by atoms with Gasteiger partial charge < -0.3 is 19.7 Å². The summed E-state index contributed by atoms with van der Waals surface area (Å²) < 4.78 is 11.4. The minimum atomic E-state index is -0.730. The van der Waals surface area contributed by atoms with Crippen molar-refractivity contribution >= 4 is 0 Å². The molecular weight excluding hydrogens is 220 g/mol. The minimum absolute atomic E-state index is 0.0258. The Labute approximate surface area is 102 Å². The highest BCUT2D eigenvalue weighted by Gasteiger charge is 2.67. The van der Waals surface area contributed by atoms with Crippen LogP contribution in [0.2, 0.25) is 0 Å². The maximum atomic E-state index is 9.98. The number of ether oxygens (including phenoxy) is 2. The van der Waals surface area contributed by atoms with Crippen molar-refractivity contribution in [1.82, 2.24) is 0 Å². The van der Waals surface area contributed by atoms with E-state index in [2.05, 4.69) is 6.92 Å². The Morgan fingerprint density at radius 1 is 1.41 bits per heavy atom. The van der Waals surface area contributed by atoms with Crippen LogP contribution < -0.4 is 0 Å². The van der Waals surface area contributed by atoms with Crippen LogP contribution in [0.1, 0.15) is 33.6 Å². The summed E-state index contributed by atoms with van der Waals surface area (Å²) in [5.41, 5.74) is -0.0853. The summed E-state index contributed by atoms with van der Waals surface area (Å²) in [7, 11) is 0. The Bertz CT molecular complexity index is 319. The molecule has 3 aliphatic rings. The highest BCUT2D eigenvalue weighted by molar-refractivity contribution is 5.13. The van der Waals surface area contributed by atoms with Gasteiger partial charge in [-0.1, -0.05) is 20.8 Å². The number of aliphatic hydroxyl groups is 2. The molecule has 0 aromatic carbocycles. The largest absolute Gasteiger partial charge is 0.368 e. The third kappa shape index (κ3) is 1.51. The van der Waals surface area contributed by atoms with Crippen molar-refractivity contribution in [1.29, 1.82) is 0 Å². The Morgan fingerprint density at radius 3 is 2.76 bits per heavy atom. The zero-order valence-corrected chi connectivity index (χ0v) is 10.7. The van der Waals surface area contributed by atoms with Gasteiger partial charge in [0.25, 0.3) is 0 Å². The molecule has 4 nitrogen and oxygen atoms in total. The maximum Gasteiger partial charge on any atom is 0.160 e. The molecule has 0 amide bonds. The van der Waals surface area contributed by atoms with Crippen LogP contribution in [-0.2, 0) is 9.47 Å². The number of hydrogen-bond acceptors (Lipinski definition) is 4. The van der Waals surface area contributed by atoms with Crippen molar-refractivity contribution in [2.24, 2.45) is 23.2 Å². The van der Waals surface area contributed by atoms with Crippen LogP contribution in [-0.4, -0.2) is 35.0 Å². The summed E-state index contributed by atoms with van der Waals surface area (Å²) in [5, 5.41) is 19.8. The lowest BCUT2D eigenvalue weighted by Gasteiger charge is -2.33. The zero-order chi connectivity index (χ0) is 12.4. The van der Waals surface area contributed by atoms with Gasteiger partial charge in [0.15, 0.2) is 12.6 Å². The monoisotopic (exact) mass is 242 g/mol. The van der Waals surface area contributed by atoms with Crippen molar-refractivity contribution in [3.8, 4) is 0 Å². The Hall–Kier alpha value is -0.160. The van der Waals surface area contributed by atoms with Gasteiger partial charge in [0.1, 0.15) is 0 Å². The highest BCUT2D eigenvalue weighted by atomic mass is 16.7.